The lowest BCUT2D eigenvalue weighted by Crippen LogP contribution is -2.33. The number of rotatable bonds is 7. The van der Waals surface area contributed by atoms with E-state index in [1.807, 2.05) is 30.0 Å². The normalized spacial score (nSPS) is 10.7. The second-order valence-electron chi connectivity index (χ2n) is 5.50. The van der Waals surface area contributed by atoms with E-state index in [4.69, 9.17) is 17.3 Å². The van der Waals surface area contributed by atoms with E-state index in [0.717, 1.165) is 11.6 Å². The summed E-state index contributed by atoms with van der Waals surface area (Å²) in [4.78, 5) is 25.3. The Morgan fingerprint density at radius 3 is 2.60 bits per heavy atom. The molecule has 0 atom stereocenters. The number of nitrogens with zero attached hydrogens (tertiary/aromatic N) is 1. The predicted molar refractivity (Wildman–Crippen MR) is 96.0 cm³/mol. The Morgan fingerprint density at radius 1 is 1.24 bits per heavy atom. The number of anilines is 1. The van der Waals surface area contributed by atoms with Gasteiger partial charge in [-0.25, -0.2) is 4.39 Å². The molecule has 0 saturated heterocycles. The van der Waals surface area contributed by atoms with Crippen LogP contribution in [-0.2, 0) is 11.3 Å². The molecule has 2 aromatic carbocycles. The highest BCUT2D eigenvalue weighted by molar-refractivity contribution is 6.31. The SMILES string of the molecule is CCN(CC(=O)Nc1ccc(F)c(C(N)=O)c1)Cc1ccccc1Cl. The molecule has 0 fully saturated rings. The van der Waals surface area contributed by atoms with Crippen molar-refractivity contribution in [2.75, 3.05) is 18.4 Å². The molecule has 2 rings (SSSR count). The van der Waals surface area contributed by atoms with Crippen LogP contribution in [0.2, 0.25) is 5.02 Å². The van der Waals surface area contributed by atoms with Crippen LogP contribution in [0.15, 0.2) is 42.5 Å². The number of amides is 2. The van der Waals surface area contributed by atoms with Gasteiger partial charge < -0.3 is 11.1 Å². The second-order valence-corrected chi connectivity index (χ2v) is 5.91. The first kappa shape index (κ1) is 18.9. The average Bonchev–Trinajstić information content (AvgIpc) is 2.57. The molecule has 0 bridgehead atoms. The minimum atomic E-state index is -0.887. The van der Waals surface area contributed by atoms with Crippen molar-refractivity contribution in [3.05, 3.63) is 64.4 Å². The molecule has 0 radical (unpaired) electrons. The molecule has 25 heavy (non-hydrogen) atoms. The number of nitrogens with one attached hydrogen (secondary N) is 1. The number of hydrogen-bond acceptors (Lipinski definition) is 3. The average molecular weight is 364 g/mol. The Balaban J connectivity index is 2.02. The minimum absolute atomic E-state index is 0.130. The van der Waals surface area contributed by atoms with E-state index in [9.17, 15) is 14.0 Å². The quantitative estimate of drug-likeness (QED) is 0.793. The van der Waals surface area contributed by atoms with Crippen LogP contribution >= 0.6 is 11.6 Å². The first-order valence-electron chi connectivity index (χ1n) is 7.75. The summed E-state index contributed by atoms with van der Waals surface area (Å²) in [5.74, 6) is -1.89. The summed E-state index contributed by atoms with van der Waals surface area (Å²) in [6.07, 6.45) is 0. The second kappa shape index (κ2) is 8.60. The van der Waals surface area contributed by atoms with Gasteiger partial charge in [0, 0.05) is 17.3 Å². The summed E-state index contributed by atoms with van der Waals surface area (Å²) >= 11 is 6.15. The summed E-state index contributed by atoms with van der Waals surface area (Å²) in [5, 5.41) is 3.29. The molecule has 0 saturated carbocycles. The molecule has 7 heteroatoms. The third-order valence-electron chi connectivity index (χ3n) is 3.68. The Morgan fingerprint density at radius 2 is 1.96 bits per heavy atom. The van der Waals surface area contributed by atoms with Crippen LogP contribution < -0.4 is 11.1 Å². The van der Waals surface area contributed by atoms with Gasteiger partial charge in [-0.15, -0.1) is 0 Å². The summed E-state index contributed by atoms with van der Waals surface area (Å²) in [6.45, 7) is 3.24. The molecule has 0 aliphatic carbocycles. The molecular weight excluding hydrogens is 345 g/mol. The van der Waals surface area contributed by atoms with Crippen LogP contribution in [-0.4, -0.2) is 29.8 Å². The maximum absolute atomic E-state index is 13.5. The first-order chi connectivity index (χ1) is 11.9. The van der Waals surface area contributed by atoms with E-state index in [1.54, 1.807) is 6.07 Å². The Hall–Kier alpha value is -2.44. The third-order valence-corrected chi connectivity index (χ3v) is 4.05. The molecule has 0 unspecified atom stereocenters. The van der Waals surface area contributed by atoms with Gasteiger partial charge in [0.25, 0.3) is 5.91 Å². The van der Waals surface area contributed by atoms with Crippen LogP contribution in [0, 0.1) is 5.82 Å². The minimum Gasteiger partial charge on any atom is -0.366 e. The van der Waals surface area contributed by atoms with Crippen LogP contribution in [0.1, 0.15) is 22.8 Å². The molecule has 0 aliphatic heterocycles. The molecule has 3 N–H and O–H groups in total. The van der Waals surface area contributed by atoms with Crippen molar-refractivity contribution in [1.29, 1.82) is 0 Å². The zero-order valence-electron chi connectivity index (χ0n) is 13.8. The molecular formula is C18H19ClFN3O2. The lowest BCUT2D eigenvalue weighted by atomic mass is 10.1. The van der Waals surface area contributed by atoms with Gasteiger partial charge in [0.15, 0.2) is 0 Å². The Labute approximate surface area is 150 Å². The largest absolute Gasteiger partial charge is 0.366 e. The summed E-state index contributed by atoms with van der Waals surface area (Å²) in [7, 11) is 0. The molecule has 0 aromatic heterocycles. The van der Waals surface area contributed by atoms with Crippen molar-refractivity contribution in [2.24, 2.45) is 5.73 Å². The molecule has 0 aliphatic rings. The fraction of sp³-hybridized carbons (Fsp3) is 0.222. The third kappa shape index (κ3) is 5.27. The number of carbonyl (C=O) groups is 2. The summed E-state index contributed by atoms with van der Waals surface area (Å²) < 4.78 is 13.5. The molecule has 0 spiro atoms. The van der Waals surface area contributed by atoms with Gasteiger partial charge in [0.1, 0.15) is 5.82 Å². The number of primary amides is 1. The zero-order valence-corrected chi connectivity index (χ0v) is 14.5. The van der Waals surface area contributed by atoms with Crippen LogP contribution in [0.4, 0.5) is 10.1 Å². The maximum atomic E-state index is 13.5. The van der Waals surface area contributed by atoms with Gasteiger partial charge in [-0.1, -0.05) is 36.7 Å². The van der Waals surface area contributed by atoms with Gasteiger partial charge in [0.2, 0.25) is 5.91 Å². The highest BCUT2D eigenvalue weighted by Crippen LogP contribution is 2.17. The number of benzene rings is 2. The van der Waals surface area contributed by atoms with Gasteiger partial charge in [-0.2, -0.15) is 0 Å². The predicted octanol–water partition coefficient (Wildman–Crippen LogP) is 3.04. The molecule has 2 amide bonds. The first-order valence-corrected chi connectivity index (χ1v) is 8.13. The molecule has 5 nitrogen and oxygen atoms in total. The van der Waals surface area contributed by atoms with Crippen molar-refractivity contribution in [1.82, 2.24) is 4.90 Å². The van der Waals surface area contributed by atoms with Gasteiger partial charge in [-0.3, -0.25) is 14.5 Å². The van der Waals surface area contributed by atoms with Gasteiger partial charge >= 0.3 is 0 Å². The maximum Gasteiger partial charge on any atom is 0.251 e. The van der Waals surface area contributed by atoms with E-state index < -0.39 is 11.7 Å². The lowest BCUT2D eigenvalue weighted by molar-refractivity contribution is -0.117. The zero-order chi connectivity index (χ0) is 18.4. The van der Waals surface area contributed by atoms with Crippen molar-refractivity contribution in [2.45, 2.75) is 13.5 Å². The standard InChI is InChI=1S/C18H19ClFN3O2/c1-2-23(10-12-5-3-4-6-15(12)19)11-17(24)22-13-7-8-16(20)14(9-13)18(21)25/h3-9H,2,10-11H2,1H3,(H2,21,25)(H,22,24). The van der Waals surface area contributed by atoms with Crippen molar-refractivity contribution >= 4 is 29.1 Å². The lowest BCUT2D eigenvalue weighted by Gasteiger charge is -2.20. The Bertz CT molecular complexity index is 783. The number of halogens is 2. The monoisotopic (exact) mass is 363 g/mol. The molecule has 2 aromatic rings. The van der Waals surface area contributed by atoms with E-state index in [-0.39, 0.29) is 18.0 Å². The van der Waals surface area contributed by atoms with Gasteiger partial charge in [-0.05, 0) is 36.4 Å². The summed E-state index contributed by atoms with van der Waals surface area (Å²) in [6, 6.07) is 11.1. The van der Waals surface area contributed by atoms with Crippen molar-refractivity contribution < 1.29 is 14.0 Å². The van der Waals surface area contributed by atoms with Crippen molar-refractivity contribution in [3.63, 3.8) is 0 Å². The molecule has 0 heterocycles. The number of hydrogen-bond donors (Lipinski definition) is 2. The van der Waals surface area contributed by atoms with E-state index >= 15 is 0 Å². The highest BCUT2D eigenvalue weighted by Gasteiger charge is 2.14. The fourth-order valence-corrected chi connectivity index (χ4v) is 2.54. The number of nitrogens with two attached hydrogens (primary N) is 1. The number of likely N-dealkylation sites (N-methyl/N-ethyl adjacent to an activating group) is 1. The van der Waals surface area contributed by atoms with E-state index in [0.29, 0.717) is 23.8 Å². The summed E-state index contributed by atoms with van der Waals surface area (Å²) in [5.41, 5.74) is 6.08. The molecule has 132 valence electrons. The fourth-order valence-electron chi connectivity index (χ4n) is 2.34. The van der Waals surface area contributed by atoms with Gasteiger partial charge in [0.05, 0.1) is 12.1 Å². The number of carbonyl (C=O) groups excluding carboxylic acids is 2. The van der Waals surface area contributed by atoms with Crippen molar-refractivity contribution in [3.8, 4) is 0 Å². The topological polar surface area (TPSA) is 75.4 Å². The Kier molecular flexibility index (Phi) is 6.50. The van der Waals surface area contributed by atoms with E-state index in [2.05, 4.69) is 5.32 Å². The van der Waals surface area contributed by atoms with Crippen LogP contribution in [0.5, 0.6) is 0 Å². The smallest absolute Gasteiger partial charge is 0.251 e. The highest BCUT2D eigenvalue weighted by atomic mass is 35.5. The van der Waals surface area contributed by atoms with E-state index in [1.165, 1.54) is 12.1 Å². The van der Waals surface area contributed by atoms with Crippen LogP contribution in [0.25, 0.3) is 0 Å². The van der Waals surface area contributed by atoms with Crippen LogP contribution in [0.3, 0.4) is 0 Å².